The Balaban J connectivity index is 1.38. The number of carbonyl (C=O) groups is 7. The molecule has 12 atom stereocenters. The zero-order chi connectivity index (χ0) is 63.5. The maximum atomic E-state index is 16.7. The van der Waals surface area contributed by atoms with Gasteiger partial charge in [-0.15, -0.1) is 0 Å². The van der Waals surface area contributed by atoms with E-state index in [1.54, 1.807) is 87.5 Å². The summed E-state index contributed by atoms with van der Waals surface area (Å²) in [6, 6.07) is 19.4. The van der Waals surface area contributed by atoms with Gasteiger partial charge in [-0.25, -0.2) is 24.0 Å². The van der Waals surface area contributed by atoms with Gasteiger partial charge in [0.25, 0.3) is 0 Å². The van der Waals surface area contributed by atoms with E-state index in [-0.39, 0.29) is 28.0 Å². The smallest absolute Gasteiger partial charge is 0.497 e. The zero-order valence-corrected chi connectivity index (χ0v) is 53.1. The number of methoxy groups -OCH3 is 2. The number of ketones is 1. The van der Waals surface area contributed by atoms with Crippen LogP contribution in [0.1, 0.15) is 109 Å². The van der Waals surface area contributed by atoms with Gasteiger partial charge >= 0.3 is 36.3 Å². The van der Waals surface area contributed by atoms with Crippen molar-refractivity contribution in [1.82, 2.24) is 4.90 Å². The molecule has 1 unspecified atom stereocenters. The van der Waals surface area contributed by atoms with Crippen LogP contribution in [0.25, 0.3) is 0 Å². The van der Waals surface area contributed by atoms with Crippen LogP contribution in [-0.4, -0.2) is 147 Å². The van der Waals surface area contributed by atoms with Crippen molar-refractivity contribution in [2.75, 3.05) is 34.0 Å². The summed E-state index contributed by atoms with van der Waals surface area (Å²) in [4.78, 5) is 105. The minimum atomic E-state index is -2.68. The first-order valence-corrected chi connectivity index (χ1v) is 29.3. The number of amides is 1. The van der Waals surface area contributed by atoms with Crippen molar-refractivity contribution < 1.29 is 95.5 Å². The van der Waals surface area contributed by atoms with E-state index in [1.165, 1.54) is 65.9 Å². The summed E-state index contributed by atoms with van der Waals surface area (Å²) in [5.41, 5.74) is -12.2. The second-order valence-corrected chi connectivity index (χ2v) is 28.5. The van der Waals surface area contributed by atoms with Crippen molar-refractivity contribution >= 4 is 112 Å². The Labute approximate surface area is 526 Å². The van der Waals surface area contributed by atoms with Crippen LogP contribution in [-0.2, 0) is 61.8 Å². The van der Waals surface area contributed by atoms with Crippen LogP contribution in [0.5, 0.6) is 11.5 Å². The normalized spacial score (nSPS) is 30.3. The van der Waals surface area contributed by atoms with Crippen molar-refractivity contribution in [2.45, 2.75) is 148 Å². The summed E-state index contributed by atoms with van der Waals surface area (Å²) in [5, 5.41) is 14.5. The lowest BCUT2D eigenvalue weighted by Gasteiger charge is -2.67. The average molecular weight is 1320 g/mol. The molecule has 2 saturated heterocycles. The van der Waals surface area contributed by atoms with Crippen LogP contribution in [0, 0.1) is 16.7 Å². The minimum Gasteiger partial charge on any atom is -0.497 e. The Bertz CT molecular complexity index is 3150. The number of nitrogens with zero attached hydrogens (tertiary/aromatic N) is 1. The molecule has 21 nitrogen and oxygen atoms in total. The molecule has 86 heavy (non-hydrogen) atoms. The Morgan fingerprint density at radius 3 is 1.91 bits per heavy atom. The molecule has 1 N–H and O–H groups in total. The molecule has 2 bridgehead atoms. The van der Waals surface area contributed by atoms with Crippen LogP contribution in [0.2, 0.25) is 0 Å². The number of carbonyl (C=O) groups excluding carboxylic acids is 7. The van der Waals surface area contributed by atoms with Gasteiger partial charge in [0.1, 0.15) is 66.4 Å². The van der Waals surface area contributed by atoms with E-state index in [1.807, 2.05) is 0 Å². The van der Waals surface area contributed by atoms with Crippen LogP contribution in [0.4, 0.5) is 14.4 Å². The average Bonchev–Trinajstić information content (AvgIpc) is 0.794. The fourth-order valence-electron chi connectivity index (χ4n) is 12.6. The summed E-state index contributed by atoms with van der Waals surface area (Å²) in [7, 11) is 2.85. The molecular weight excluding hydrogens is 1260 g/mol. The van der Waals surface area contributed by atoms with Gasteiger partial charge in [0.05, 0.1) is 37.7 Å². The first-order valence-electron chi connectivity index (χ1n) is 27.0. The third-order valence-electron chi connectivity index (χ3n) is 16.5. The van der Waals surface area contributed by atoms with Crippen LogP contribution in [0.15, 0.2) is 90.0 Å². The zero-order valence-electron chi connectivity index (χ0n) is 48.6. The molecular formula is C59H65Cl6NO20. The van der Waals surface area contributed by atoms with Gasteiger partial charge in [0.15, 0.2) is 29.3 Å². The highest BCUT2D eigenvalue weighted by Gasteiger charge is 2.79. The molecule has 4 fully saturated rings. The van der Waals surface area contributed by atoms with E-state index in [4.69, 9.17) is 126 Å². The Morgan fingerprint density at radius 2 is 1.37 bits per heavy atom. The summed E-state index contributed by atoms with van der Waals surface area (Å²) < 4.78 is 68.0. The fraction of sp³-hybridized carbons (Fsp3) is 0.542. The van der Waals surface area contributed by atoms with E-state index >= 15 is 9.59 Å². The number of fused-ring (bicyclic) bond motifs is 5. The van der Waals surface area contributed by atoms with Gasteiger partial charge in [0.2, 0.25) is 7.59 Å². The lowest BCUT2D eigenvalue weighted by atomic mass is 9.44. The third kappa shape index (κ3) is 12.7. The number of Topliss-reactive ketones (excluding diaryl/α,β-unsaturated/α-hetero) is 1. The first kappa shape index (κ1) is 66.5. The summed E-state index contributed by atoms with van der Waals surface area (Å²) in [5.74, 6) is -5.58. The number of aliphatic hydroxyl groups is 1. The molecule has 3 aliphatic carbocycles. The second kappa shape index (κ2) is 24.5. The molecule has 2 heterocycles. The van der Waals surface area contributed by atoms with Gasteiger partial charge in [-0.3, -0.25) is 14.5 Å². The largest absolute Gasteiger partial charge is 0.509 e. The SMILES string of the molecule is COc1ccc(C2O[C@](C)(C(=O)O[C@H]3C[C@@]4(O)[C@@H](OC(=O)c5ccccc5)[C@@H]5[C@]6(OC(C)=O)CO[C@@H]6C[C@H](OC(=O)OCC(Cl)(Cl)Cl)[C@@]5(C)C(=O)[C@H](OC(=O)OCC(Cl)(Cl)Cl)C(=C3C)C4(C)C)[C@@H](c3ccccc3)N2C(=O)OC(C)(C)C)c(OC)c1. The van der Waals surface area contributed by atoms with Crippen molar-refractivity contribution in [2.24, 2.45) is 16.7 Å². The van der Waals surface area contributed by atoms with Crippen molar-refractivity contribution in [1.29, 1.82) is 0 Å². The van der Waals surface area contributed by atoms with E-state index in [9.17, 15) is 29.1 Å². The van der Waals surface area contributed by atoms with E-state index in [2.05, 4.69) is 0 Å². The van der Waals surface area contributed by atoms with Crippen LogP contribution < -0.4 is 9.47 Å². The third-order valence-corrected chi connectivity index (χ3v) is 17.2. The Hall–Kier alpha value is -5.49. The highest BCUT2D eigenvalue weighted by Crippen LogP contribution is 2.65. The number of hydrogen-bond acceptors (Lipinski definition) is 20. The number of alkyl halides is 6. The first-order chi connectivity index (χ1) is 40.0. The van der Waals surface area contributed by atoms with Gasteiger partial charge in [-0.2, -0.15) is 0 Å². The monoisotopic (exact) mass is 1320 g/mol. The van der Waals surface area contributed by atoms with Gasteiger partial charge in [0, 0.05) is 36.8 Å². The predicted molar refractivity (Wildman–Crippen MR) is 309 cm³/mol. The molecule has 0 aromatic heterocycles. The number of rotatable bonds is 13. The summed E-state index contributed by atoms with van der Waals surface area (Å²) in [6.45, 7) is 10.8. The molecule has 3 aromatic rings. The quantitative estimate of drug-likeness (QED) is 0.0722. The number of hydrogen-bond donors (Lipinski definition) is 1. The number of halogens is 6. The van der Waals surface area contributed by atoms with Crippen LogP contribution >= 0.6 is 69.6 Å². The topological polar surface area (TPSA) is 254 Å². The molecule has 0 radical (unpaired) electrons. The molecule has 468 valence electrons. The molecule has 2 aliphatic heterocycles. The highest BCUT2D eigenvalue weighted by atomic mass is 35.6. The van der Waals surface area contributed by atoms with E-state index < -0.39 is 164 Å². The lowest BCUT2D eigenvalue weighted by Crippen LogP contribution is -2.82. The predicted octanol–water partition coefficient (Wildman–Crippen LogP) is 11.2. The van der Waals surface area contributed by atoms with E-state index in [0.717, 1.165) is 6.92 Å². The fourth-order valence-corrected chi connectivity index (χ4v) is 12.9. The minimum absolute atomic E-state index is 0.0131. The molecule has 3 aromatic carbocycles. The molecule has 5 aliphatic rings. The molecule has 0 spiro atoms. The number of ether oxygens (including phenoxy) is 12. The van der Waals surface area contributed by atoms with Gasteiger partial charge in [-0.05, 0) is 82.5 Å². The van der Waals surface area contributed by atoms with Crippen molar-refractivity contribution in [3.8, 4) is 11.5 Å². The summed E-state index contributed by atoms with van der Waals surface area (Å²) in [6.07, 6.45) is -15.8. The Kier molecular flexibility index (Phi) is 18.9. The molecule has 2 saturated carbocycles. The lowest BCUT2D eigenvalue weighted by molar-refractivity contribution is -0.346. The summed E-state index contributed by atoms with van der Waals surface area (Å²) >= 11 is 35.9. The maximum absolute atomic E-state index is 16.7. The van der Waals surface area contributed by atoms with Gasteiger partial charge in [-0.1, -0.05) is 132 Å². The molecule has 1 amide bonds. The van der Waals surface area contributed by atoms with E-state index in [0.29, 0.717) is 11.3 Å². The van der Waals surface area contributed by atoms with Gasteiger partial charge < -0.3 is 61.9 Å². The number of benzene rings is 3. The standard InChI is InChI=1S/C59H65Cl6NO20/c1-30-37(80-48(70)55(9)43(32-18-14-12-15-19-32)66(49(71)86-52(3,4)5)46(85-55)35-23-22-34(75-10)24-36(35)76-11)26-57(74)45(83-47(69)33-20-16-13-17-21-33)42-54(8,44(68)41(40(30)53(57,6)7)82-51(73)79-29-59(63,64)65)38(81-50(72)78-28-58(60,61)62)25-39-56(42,27-77-39)84-31(2)67/h12-24,37-39,41-43,45-46,74H,25-29H2,1-11H3/t37-,38-,39+,41+,42-,43+,45-,46?,54+,55-,56-,57+/m0/s1. The second-order valence-electron chi connectivity index (χ2n) is 23.4. The Morgan fingerprint density at radius 1 is 0.779 bits per heavy atom. The maximum Gasteiger partial charge on any atom is 0.509 e. The highest BCUT2D eigenvalue weighted by molar-refractivity contribution is 6.68. The van der Waals surface area contributed by atoms with Crippen molar-refractivity contribution in [3.63, 3.8) is 0 Å². The molecule has 27 heteroatoms. The van der Waals surface area contributed by atoms with Crippen LogP contribution in [0.3, 0.4) is 0 Å². The number of esters is 3. The molecule has 8 rings (SSSR count). The van der Waals surface area contributed by atoms with Crippen molar-refractivity contribution in [3.05, 3.63) is 107 Å².